The maximum Gasteiger partial charge on any atom is 0.196 e. The van der Waals surface area contributed by atoms with Crippen LogP contribution >= 0.6 is 23.4 Å². The summed E-state index contributed by atoms with van der Waals surface area (Å²) < 4.78 is 0. The maximum absolute atomic E-state index is 10.9. The van der Waals surface area contributed by atoms with E-state index in [0.29, 0.717) is 20.6 Å². The van der Waals surface area contributed by atoms with E-state index < -0.39 is 0 Å². The van der Waals surface area contributed by atoms with Gasteiger partial charge in [0.05, 0.1) is 0 Å². The van der Waals surface area contributed by atoms with Crippen LogP contribution in [0.5, 0.6) is 0 Å². The number of benzene rings is 1. The van der Waals surface area contributed by atoms with Crippen molar-refractivity contribution < 1.29 is 4.79 Å². The highest BCUT2D eigenvalue weighted by Gasteiger charge is 2.08. The molecule has 0 aliphatic rings. The number of nitrogens with zero attached hydrogens (tertiary/aromatic N) is 2. The Hall–Kier alpha value is -1.79. The van der Waals surface area contributed by atoms with Crippen LogP contribution in [0.2, 0.25) is 5.02 Å². The SMILES string of the molecule is Nc1cc(N)nc(Sc2cc(Cl)ccc2C=O)n1. The van der Waals surface area contributed by atoms with Gasteiger partial charge in [-0.05, 0) is 30.0 Å². The average Bonchev–Trinajstić information content (AvgIpc) is 2.27. The van der Waals surface area contributed by atoms with E-state index in [2.05, 4.69) is 9.97 Å². The lowest BCUT2D eigenvalue weighted by Crippen LogP contribution is -1.99. The third-order valence-electron chi connectivity index (χ3n) is 2.05. The van der Waals surface area contributed by atoms with Crippen molar-refractivity contribution in [3.8, 4) is 0 Å². The molecule has 92 valence electrons. The first-order chi connectivity index (χ1) is 8.58. The van der Waals surface area contributed by atoms with Gasteiger partial charge in [0.25, 0.3) is 0 Å². The number of hydrogen-bond acceptors (Lipinski definition) is 6. The lowest BCUT2D eigenvalue weighted by molar-refractivity contribution is 0.112. The molecule has 0 atom stereocenters. The van der Waals surface area contributed by atoms with Crippen LogP contribution in [0, 0.1) is 0 Å². The first-order valence-corrected chi connectivity index (χ1v) is 6.10. The lowest BCUT2D eigenvalue weighted by Gasteiger charge is -2.05. The van der Waals surface area contributed by atoms with Gasteiger partial charge in [0.15, 0.2) is 11.4 Å². The zero-order valence-electron chi connectivity index (χ0n) is 9.13. The number of carbonyl (C=O) groups is 1. The van der Waals surface area contributed by atoms with Gasteiger partial charge in [-0.15, -0.1) is 0 Å². The molecule has 0 spiro atoms. The molecule has 0 saturated heterocycles. The van der Waals surface area contributed by atoms with E-state index in [1.165, 1.54) is 17.8 Å². The van der Waals surface area contributed by atoms with Crippen LogP contribution in [0.15, 0.2) is 34.3 Å². The van der Waals surface area contributed by atoms with Crippen LogP contribution in [0.1, 0.15) is 10.4 Å². The molecule has 0 aliphatic heterocycles. The third-order valence-corrected chi connectivity index (χ3v) is 3.22. The standard InChI is InChI=1S/C11H9ClN4OS/c12-7-2-1-6(5-17)8(3-7)18-11-15-9(13)4-10(14)16-11/h1-5H,(H4,13,14,15,16). The summed E-state index contributed by atoms with van der Waals surface area (Å²) in [5, 5.41) is 0.901. The van der Waals surface area contributed by atoms with Crippen LogP contribution in [0.25, 0.3) is 0 Å². The molecule has 1 aromatic carbocycles. The number of carbonyl (C=O) groups excluding carboxylic acids is 1. The first kappa shape index (κ1) is 12.7. The molecule has 0 amide bonds. The zero-order valence-corrected chi connectivity index (χ0v) is 10.7. The molecule has 0 fully saturated rings. The monoisotopic (exact) mass is 280 g/mol. The molecule has 2 rings (SSSR count). The zero-order chi connectivity index (χ0) is 13.1. The molecule has 0 unspecified atom stereocenters. The molecule has 7 heteroatoms. The van der Waals surface area contributed by atoms with Crippen LogP contribution in [-0.2, 0) is 0 Å². The number of nitrogens with two attached hydrogens (primary N) is 2. The summed E-state index contributed by atoms with van der Waals surface area (Å²) in [5.74, 6) is 0.555. The van der Waals surface area contributed by atoms with Crippen LogP contribution in [0.4, 0.5) is 11.6 Å². The van der Waals surface area contributed by atoms with E-state index in [0.717, 1.165) is 6.29 Å². The highest BCUT2D eigenvalue weighted by Crippen LogP contribution is 2.30. The molecule has 4 N–H and O–H groups in total. The molecule has 0 radical (unpaired) electrons. The fourth-order valence-corrected chi connectivity index (χ4v) is 2.46. The summed E-state index contributed by atoms with van der Waals surface area (Å²) in [7, 11) is 0. The van der Waals surface area contributed by atoms with E-state index in [4.69, 9.17) is 23.1 Å². The van der Waals surface area contributed by atoms with Gasteiger partial charge < -0.3 is 11.5 Å². The summed E-state index contributed by atoms with van der Waals surface area (Å²) >= 11 is 7.07. The molecule has 0 bridgehead atoms. The number of hydrogen-bond donors (Lipinski definition) is 2. The number of rotatable bonds is 3. The molecule has 18 heavy (non-hydrogen) atoms. The normalized spacial score (nSPS) is 10.3. The largest absolute Gasteiger partial charge is 0.383 e. The van der Waals surface area contributed by atoms with Gasteiger partial charge >= 0.3 is 0 Å². The Morgan fingerprint density at radius 2 is 1.83 bits per heavy atom. The van der Waals surface area contributed by atoms with Crippen LogP contribution < -0.4 is 11.5 Å². The number of aromatic nitrogens is 2. The Morgan fingerprint density at radius 3 is 2.44 bits per heavy atom. The van der Waals surface area contributed by atoms with Crippen molar-refractivity contribution in [3.05, 3.63) is 34.9 Å². The maximum atomic E-state index is 10.9. The first-order valence-electron chi connectivity index (χ1n) is 4.91. The summed E-state index contributed by atoms with van der Waals surface area (Å²) in [6.45, 7) is 0. The van der Waals surface area contributed by atoms with Crippen molar-refractivity contribution >= 4 is 41.3 Å². The van der Waals surface area contributed by atoms with Crippen molar-refractivity contribution in [2.75, 3.05) is 11.5 Å². The number of nitrogen functional groups attached to an aromatic ring is 2. The second kappa shape index (κ2) is 5.24. The summed E-state index contributed by atoms with van der Waals surface area (Å²) in [6.07, 6.45) is 0.744. The predicted molar refractivity (Wildman–Crippen MR) is 71.8 cm³/mol. The minimum absolute atomic E-state index is 0.277. The summed E-state index contributed by atoms with van der Waals surface area (Å²) in [5.41, 5.74) is 11.7. The minimum atomic E-state index is 0.277. The Kier molecular flexibility index (Phi) is 3.69. The average molecular weight is 281 g/mol. The van der Waals surface area contributed by atoms with Crippen molar-refractivity contribution in [3.63, 3.8) is 0 Å². The second-order valence-electron chi connectivity index (χ2n) is 3.40. The Morgan fingerprint density at radius 1 is 1.17 bits per heavy atom. The van der Waals surface area contributed by atoms with Crippen molar-refractivity contribution in [1.29, 1.82) is 0 Å². The van der Waals surface area contributed by atoms with E-state index in [-0.39, 0.29) is 11.6 Å². The topological polar surface area (TPSA) is 94.9 Å². The fourth-order valence-electron chi connectivity index (χ4n) is 1.30. The molecule has 1 aromatic heterocycles. The molecule has 1 heterocycles. The van der Waals surface area contributed by atoms with Gasteiger partial charge in [-0.25, -0.2) is 9.97 Å². The van der Waals surface area contributed by atoms with Crippen molar-refractivity contribution in [2.45, 2.75) is 10.1 Å². The van der Waals surface area contributed by atoms with E-state index >= 15 is 0 Å². The quantitative estimate of drug-likeness (QED) is 0.661. The van der Waals surface area contributed by atoms with Crippen molar-refractivity contribution in [2.24, 2.45) is 0 Å². The highest BCUT2D eigenvalue weighted by molar-refractivity contribution is 7.99. The lowest BCUT2D eigenvalue weighted by atomic mass is 10.2. The molecule has 0 saturated carbocycles. The Balaban J connectivity index is 2.38. The highest BCUT2D eigenvalue weighted by atomic mass is 35.5. The molecule has 2 aromatic rings. The number of anilines is 2. The molecular formula is C11H9ClN4OS. The number of aldehydes is 1. The Labute approximate surface area is 113 Å². The molecular weight excluding hydrogens is 272 g/mol. The van der Waals surface area contributed by atoms with Crippen LogP contribution in [-0.4, -0.2) is 16.3 Å². The fraction of sp³-hybridized carbons (Fsp3) is 0. The number of halogens is 1. The second-order valence-corrected chi connectivity index (χ2v) is 4.85. The van der Waals surface area contributed by atoms with Gasteiger partial charge in [-0.3, -0.25) is 4.79 Å². The van der Waals surface area contributed by atoms with Gasteiger partial charge in [0.1, 0.15) is 11.6 Å². The van der Waals surface area contributed by atoms with E-state index in [9.17, 15) is 4.79 Å². The van der Waals surface area contributed by atoms with Gasteiger partial charge in [-0.2, -0.15) is 0 Å². The van der Waals surface area contributed by atoms with E-state index in [1.807, 2.05) is 0 Å². The summed E-state index contributed by atoms with van der Waals surface area (Å²) in [6, 6.07) is 6.40. The summed E-state index contributed by atoms with van der Waals surface area (Å²) in [4.78, 5) is 19.6. The minimum Gasteiger partial charge on any atom is -0.383 e. The molecule has 0 aliphatic carbocycles. The van der Waals surface area contributed by atoms with E-state index in [1.54, 1.807) is 18.2 Å². The van der Waals surface area contributed by atoms with Gasteiger partial charge in [0, 0.05) is 21.5 Å². The Bertz CT molecular complexity index is 585. The van der Waals surface area contributed by atoms with Gasteiger partial charge in [0.2, 0.25) is 0 Å². The van der Waals surface area contributed by atoms with Crippen molar-refractivity contribution in [1.82, 2.24) is 9.97 Å². The predicted octanol–water partition coefficient (Wildman–Crippen LogP) is 2.26. The molecule has 5 nitrogen and oxygen atoms in total. The van der Waals surface area contributed by atoms with Gasteiger partial charge in [-0.1, -0.05) is 11.6 Å². The third kappa shape index (κ3) is 2.91. The smallest absolute Gasteiger partial charge is 0.196 e. The van der Waals surface area contributed by atoms with Crippen LogP contribution in [0.3, 0.4) is 0 Å².